The Hall–Kier alpha value is -2.30. The topological polar surface area (TPSA) is 58.6 Å². The zero-order valence-corrected chi connectivity index (χ0v) is 19.9. The first-order valence-corrected chi connectivity index (χ1v) is 11.2. The summed E-state index contributed by atoms with van der Waals surface area (Å²) in [4.78, 5) is 26.3. The van der Waals surface area contributed by atoms with Crippen molar-refractivity contribution in [3.8, 4) is 11.1 Å². The Balaban J connectivity index is 1.57. The van der Waals surface area contributed by atoms with Crippen LogP contribution in [-0.4, -0.2) is 41.3 Å². The third-order valence-electron chi connectivity index (χ3n) is 5.42. The van der Waals surface area contributed by atoms with Crippen LogP contribution in [0.4, 0.5) is 23.7 Å². The molecule has 9 heteroatoms. The predicted molar refractivity (Wildman–Crippen MR) is 122 cm³/mol. The minimum absolute atomic E-state index is 0.0740. The number of anilines is 1. The first-order valence-electron chi connectivity index (χ1n) is 10.1. The van der Waals surface area contributed by atoms with Crippen LogP contribution in [0, 0.1) is 3.57 Å². The standard InChI is InChI=1S/C23H22F3IN2O3/c1-22(2,3)32-21(31)29-11-12(24)8-19(29)20(30)28-14-5-7-16-15-6-4-13(27)9-17(15)23(25,26)18(16)10-14/h4-7,9-10,12,19H,8,11H2,1-3H3,(H,28,30)/t12-,19-/m0/s1. The first kappa shape index (κ1) is 22.9. The van der Waals surface area contributed by atoms with Crippen molar-refractivity contribution >= 4 is 40.3 Å². The van der Waals surface area contributed by atoms with Gasteiger partial charge in [-0.05, 0) is 78.8 Å². The number of ether oxygens (including phenoxy) is 1. The smallest absolute Gasteiger partial charge is 0.411 e. The highest BCUT2D eigenvalue weighted by Crippen LogP contribution is 2.51. The number of likely N-dealkylation sites (tertiary alicyclic amines) is 1. The number of halogens is 4. The monoisotopic (exact) mass is 558 g/mol. The van der Waals surface area contributed by atoms with E-state index in [1.54, 1.807) is 32.9 Å². The molecule has 0 radical (unpaired) electrons. The highest BCUT2D eigenvalue weighted by Gasteiger charge is 2.45. The van der Waals surface area contributed by atoms with Crippen LogP contribution in [0.25, 0.3) is 11.1 Å². The van der Waals surface area contributed by atoms with Crippen LogP contribution >= 0.6 is 22.6 Å². The minimum Gasteiger partial charge on any atom is -0.444 e. The van der Waals surface area contributed by atoms with Gasteiger partial charge in [0, 0.05) is 26.8 Å². The van der Waals surface area contributed by atoms with E-state index < -0.39 is 35.7 Å². The zero-order valence-electron chi connectivity index (χ0n) is 17.7. The number of alkyl halides is 3. The minimum atomic E-state index is -3.20. The van der Waals surface area contributed by atoms with Crippen molar-refractivity contribution in [2.45, 2.75) is 50.9 Å². The Morgan fingerprint density at radius 2 is 1.75 bits per heavy atom. The highest BCUT2D eigenvalue weighted by atomic mass is 127. The van der Waals surface area contributed by atoms with E-state index in [0.29, 0.717) is 14.7 Å². The van der Waals surface area contributed by atoms with Gasteiger partial charge in [0.1, 0.15) is 17.8 Å². The maximum atomic E-state index is 15.1. The fraction of sp³-hybridized carbons (Fsp3) is 0.391. The predicted octanol–water partition coefficient (Wildman–Crippen LogP) is 5.70. The Morgan fingerprint density at radius 3 is 2.41 bits per heavy atom. The zero-order chi connectivity index (χ0) is 23.4. The van der Waals surface area contributed by atoms with Crippen LogP contribution in [0.2, 0.25) is 0 Å². The van der Waals surface area contributed by atoms with Crippen LogP contribution in [0.5, 0.6) is 0 Å². The molecule has 0 unspecified atom stereocenters. The molecule has 170 valence electrons. The van der Waals surface area contributed by atoms with Crippen molar-refractivity contribution in [2.75, 3.05) is 11.9 Å². The summed E-state index contributed by atoms with van der Waals surface area (Å²) in [5, 5.41) is 2.57. The van der Waals surface area contributed by atoms with Gasteiger partial charge < -0.3 is 10.1 Å². The van der Waals surface area contributed by atoms with Crippen molar-refractivity contribution in [1.29, 1.82) is 0 Å². The van der Waals surface area contributed by atoms with E-state index >= 15 is 8.78 Å². The summed E-state index contributed by atoms with van der Waals surface area (Å²) in [7, 11) is 0. The summed E-state index contributed by atoms with van der Waals surface area (Å²) in [5.41, 5.74) is -0.0660. The number of nitrogens with one attached hydrogen (secondary N) is 1. The number of hydrogen-bond donors (Lipinski definition) is 1. The molecule has 1 saturated heterocycles. The van der Waals surface area contributed by atoms with Crippen LogP contribution in [0.15, 0.2) is 36.4 Å². The summed E-state index contributed by atoms with van der Waals surface area (Å²) in [5.74, 6) is -3.85. The largest absolute Gasteiger partial charge is 0.444 e. The van der Waals surface area contributed by atoms with Gasteiger partial charge in [-0.25, -0.2) is 9.18 Å². The van der Waals surface area contributed by atoms with Crippen molar-refractivity contribution < 1.29 is 27.5 Å². The molecule has 2 aromatic carbocycles. The molecular weight excluding hydrogens is 536 g/mol. The molecule has 1 fully saturated rings. The number of rotatable bonds is 2. The third-order valence-corrected chi connectivity index (χ3v) is 6.09. The average molecular weight is 558 g/mol. The average Bonchev–Trinajstić information content (AvgIpc) is 3.17. The van der Waals surface area contributed by atoms with Gasteiger partial charge in [0.05, 0.1) is 6.54 Å². The second-order valence-corrected chi connectivity index (χ2v) is 10.2. The van der Waals surface area contributed by atoms with Crippen molar-refractivity contribution in [3.05, 3.63) is 51.1 Å². The van der Waals surface area contributed by atoms with Crippen molar-refractivity contribution in [3.63, 3.8) is 0 Å². The molecule has 1 aliphatic carbocycles. The normalized spacial score (nSPS) is 21.2. The molecule has 1 N–H and O–H groups in total. The Labute approximate surface area is 197 Å². The summed E-state index contributed by atoms with van der Waals surface area (Å²) in [6, 6.07) is 8.08. The Bertz CT molecular complexity index is 1100. The third kappa shape index (κ3) is 4.18. The van der Waals surface area contributed by atoms with Gasteiger partial charge >= 0.3 is 6.09 Å². The molecule has 0 bridgehead atoms. The maximum absolute atomic E-state index is 15.1. The number of fused-ring (bicyclic) bond motifs is 3. The number of amides is 2. The van der Waals surface area contributed by atoms with Gasteiger partial charge in [-0.2, -0.15) is 8.78 Å². The molecule has 2 aliphatic rings. The summed E-state index contributed by atoms with van der Waals surface area (Å²) < 4.78 is 50.2. The van der Waals surface area contributed by atoms with Gasteiger partial charge in [-0.15, -0.1) is 0 Å². The fourth-order valence-electron chi connectivity index (χ4n) is 4.05. The molecule has 5 nitrogen and oxygen atoms in total. The van der Waals surface area contributed by atoms with Gasteiger partial charge in [-0.1, -0.05) is 12.1 Å². The van der Waals surface area contributed by atoms with Crippen LogP contribution < -0.4 is 5.32 Å². The van der Waals surface area contributed by atoms with Crippen molar-refractivity contribution in [2.24, 2.45) is 0 Å². The van der Waals surface area contributed by atoms with E-state index in [4.69, 9.17) is 4.74 Å². The molecule has 0 spiro atoms. The van der Waals surface area contributed by atoms with Crippen LogP contribution in [-0.2, 0) is 15.5 Å². The van der Waals surface area contributed by atoms with E-state index in [0.717, 1.165) is 4.90 Å². The number of nitrogens with zero attached hydrogens (tertiary/aromatic N) is 1. The molecule has 0 aromatic heterocycles. The number of benzene rings is 2. The first-order chi connectivity index (χ1) is 14.9. The SMILES string of the molecule is CC(C)(C)OC(=O)N1C[C@@H](F)C[C@H]1C(=O)Nc1ccc2c(c1)C(F)(F)c1cc(I)ccc1-2. The highest BCUT2D eigenvalue weighted by molar-refractivity contribution is 14.1. The van der Waals surface area contributed by atoms with Crippen LogP contribution in [0.3, 0.4) is 0 Å². The molecule has 32 heavy (non-hydrogen) atoms. The fourth-order valence-corrected chi connectivity index (χ4v) is 4.55. The second kappa shape index (κ2) is 7.93. The molecule has 4 rings (SSSR count). The number of carbonyl (C=O) groups is 2. The molecule has 2 amide bonds. The van der Waals surface area contributed by atoms with Gasteiger partial charge in [-0.3, -0.25) is 9.69 Å². The lowest BCUT2D eigenvalue weighted by atomic mass is 10.1. The lowest BCUT2D eigenvalue weighted by molar-refractivity contribution is -0.120. The Morgan fingerprint density at radius 1 is 1.12 bits per heavy atom. The molecule has 2 aromatic rings. The molecule has 2 atom stereocenters. The molecule has 0 saturated carbocycles. The van der Waals surface area contributed by atoms with Crippen molar-refractivity contribution in [1.82, 2.24) is 4.90 Å². The quantitative estimate of drug-likeness (QED) is 0.482. The van der Waals surface area contributed by atoms with Gasteiger partial charge in [0.25, 0.3) is 5.92 Å². The van der Waals surface area contributed by atoms with Gasteiger partial charge in [0.15, 0.2) is 0 Å². The number of hydrogen-bond acceptors (Lipinski definition) is 3. The van der Waals surface area contributed by atoms with E-state index in [1.165, 1.54) is 24.3 Å². The second-order valence-electron chi connectivity index (χ2n) is 9.00. The van der Waals surface area contributed by atoms with E-state index in [2.05, 4.69) is 5.32 Å². The summed E-state index contributed by atoms with van der Waals surface area (Å²) >= 11 is 1.99. The van der Waals surface area contributed by atoms with E-state index in [9.17, 15) is 14.0 Å². The van der Waals surface area contributed by atoms with Gasteiger partial charge in [0.2, 0.25) is 5.91 Å². The van der Waals surface area contributed by atoms with E-state index in [-0.39, 0.29) is 29.8 Å². The summed E-state index contributed by atoms with van der Waals surface area (Å²) in [6.45, 7) is 4.76. The number of carbonyl (C=O) groups excluding carboxylic acids is 2. The lowest BCUT2D eigenvalue weighted by Crippen LogP contribution is -2.45. The van der Waals surface area contributed by atoms with E-state index in [1.807, 2.05) is 22.6 Å². The summed E-state index contributed by atoms with van der Waals surface area (Å²) in [6.07, 6.45) is -2.35. The molecule has 1 aliphatic heterocycles. The lowest BCUT2D eigenvalue weighted by Gasteiger charge is -2.27. The maximum Gasteiger partial charge on any atom is 0.411 e. The Kier molecular flexibility index (Phi) is 5.67. The molecular formula is C23H22F3IN2O3. The molecule has 1 heterocycles. The van der Waals surface area contributed by atoms with Crippen LogP contribution in [0.1, 0.15) is 38.3 Å².